The summed E-state index contributed by atoms with van der Waals surface area (Å²) in [7, 11) is 4.27. The van der Waals surface area contributed by atoms with E-state index in [1.165, 1.54) is 141 Å². The average Bonchev–Trinajstić information content (AvgIpc) is 3.42. The van der Waals surface area contributed by atoms with Crippen molar-refractivity contribution in [3.05, 3.63) is 48.6 Å². The standard InChI is InChI=1S/C42H77NO2/c1-5-7-9-11-13-15-17-19-21-23-25-27-29-31-33-35-37-42(44-40-41(45-42)39-43(3)4)38-36-34-32-30-28-26-24-22-20-18-16-14-12-10-8-6-2/h13-16,19-22,41H,5-12,17-18,23-40H2,1-4H3/b15-13-,16-14-,21-19-,22-20-. The summed E-state index contributed by atoms with van der Waals surface area (Å²) in [6.45, 7) is 6.24. The van der Waals surface area contributed by atoms with Gasteiger partial charge in [0.15, 0.2) is 5.79 Å². The van der Waals surface area contributed by atoms with E-state index in [0.717, 1.165) is 38.8 Å². The van der Waals surface area contributed by atoms with Gasteiger partial charge in [0.2, 0.25) is 0 Å². The number of rotatable bonds is 32. The van der Waals surface area contributed by atoms with E-state index in [2.05, 4.69) is 81.5 Å². The number of unbranched alkanes of at least 4 members (excludes halogenated alkanes) is 18. The molecule has 1 fully saturated rings. The Labute approximate surface area is 282 Å². The minimum absolute atomic E-state index is 0.217. The van der Waals surface area contributed by atoms with Crippen molar-refractivity contribution in [1.29, 1.82) is 0 Å². The molecule has 1 heterocycles. The Bertz CT molecular complexity index is 689. The fourth-order valence-corrected chi connectivity index (χ4v) is 6.27. The molecule has 3 nitrogen and oxygen atoms in total. The Morgan fingerprint density at radius 1 is 0.511 bits per heavy atom. The molecule has 0 aromatic carbocycles. The highest BCUT2D eigenvalue weighted by Gasteiger charge is 2.40. The molecule has 1 aliphatic heterocycles. The van der Waals surface area contributed by atoms with E-state index >= 15 is 0 Å². The van der Waals surface area contributed by atoms with Crippen LogP contribution in [-0.2, 0) is 9.47 Å². The SMILES string of the molecule is CCCCC/C=C\C/C=C\CCCCCCCCC1(CCCCCCCC/C=C\C/C=C\CCCCC)OCC(CN(C)C)O1. The van der Waals surface area contributed by atoms with Gasteiger partial charge in [-0.25, -0.2) is 0 Å². The summed E-state index contributed by atoms with van der Waals surface area (Å²) in [5.41, 5.74) is 0. The van der Waals surface area contributed by atoms with Crippen LogP contribution >= 0.6 is 0 Å². The Balaban J connectivity index is 2.13. The van der Waals surface area contributed by atoms with Crippen LogP contribution in [0.15, 0.2) is 48.6 Å². The second kappa shape index (κ2) is 31.4. The third-order valence-corrected chi connectivity index (χ3v) is 9.00. The summed E-state index contributed by atoms with van der Waals surface area (Å²) >= 11 is 0. The van der Waals surface area contributed by atoms with Crippen molar-refractivity contribution in [3.8, 4) is 0 Å². The Hall–Kier alpha value is -1.16. The Kier molecular flexibility index (Phi) is 29.2. The van der Waals surface area contributed by atoms with E-state index in [1.54, 1.807) is 0 Å². The molecular formula is C42H77NO2. The highest BCUT2D eigenvalue weighted by molar-refractivity contribution is 4.93. The summed E-state index contributed by atoms with van der Waals surface area (Å²) in [6, 6.07) is 0. The highest BCUT2D eigenvalue weighted by atomic mass is 16.7. The van der Waals surface area contributed by atoms with Crippen LogP contribution in [-0.4, -0.2) is 44.0 Å². The zero-order valence-electron chi connectivity index (χ0n) is 30.8. The lowest BCUT2D eigenvalue weighted by Crippen LogP contribution is -2.33. The second-order valence-electron chi connectivity index (χ2n) is 13.9. The maximum Gasteiger partial charge on any atom is 0.168 e. The summed E-state index contributed by atoms with van der Waals surface area (Å²) in [5, 5.41) is 0. The fourth-order valence-electron chi connectivity index (χ4n) is 6.27. The van der Waals surface area contributed by atoms with Gasteiger partial charge in [-0.2, -0.15) is 0 Å². The third-order valence-electron chi connectivity index (χ3n) is 9.00. The van der Waals surface area contributed by atoms with Crippen molar-refractivity contribution in [1.82, 2.24) is 4.90 Å². The van der Waals surface area contributed by atoms with Gasteiger partial charge in [0, 0.05) is 19.4 Å². The van der Waals surface area contributed by atoms with E-state index in [4.69, 9.17) is 9.47 Å². The molecule has 45 heavy (non-hydrogen) atoms. The van der Waals surface area contributed by atoms with Crippen molar-refractivity contribution in [3.63, 3.8) is 0 Å². The van der Waals surface area contributed by atoms with Crippen LogP contribution < -0.4 is 0 Å². The molecule has 1 unspecified atom stereocenters. The van der Waals surface area contributed by atoms with Crippen LogP contribution in [0.2, 0.25) is 0 Å². The number of ether oxygens (including phenoxy) is 2. The predicted molar refractivity (Wildman–Crippen MR) is 200 cm³/mol. The van der Waals surface area contributed by atoms with E-state index < -0.39 is 0 Å². The molecule has 1 aliphatic rings. The number of nitrogens with zero attached hydrogens (tertiary/aromatic N) is 1. The van der Waals surface area contributed by atoms with Gasteiger partial charge in [-0.1, -0.05) is 140 Å². The van der Waals surface area contributed by atoms with Crippen molar-refractivity contribution < 1.29 is 9.47 Å². The summed E-state index contributed by atoms with van der Waals surface area (Å²) < 4.78 is 13.0. The molecule has 3 heteroatoms. The lowest BCUT2D eigenvalue weighted by molar-refractivity contribution is -0.180. The molecule has 1 saturated heterocycles. The molecule has 1 atom stereocenters. The smallest absolute Gasteiger partial charge is 0.168 e. The van der Waals surface area contributed by atoms with Crippen molar-refractivity contribution >= 4 is 0 Å². The Morgan fingerprint density at radius 2 is 0.889 bits per heavy atom. The lowest BCUT2D eigenvalue weighted by Gasteiger charge is -2.29. The normalized spacial score (nSPS) is 17.0. The van der Waals surface area contributed by atoms with Crippen LogP contribution in [0.3, 0.4) is 0 Å². The molecule has 1 rings (SSSR count). The van der Waals surface area contributed by atoms with Crippen molar-refractivity contribution in [2.45, 2.75) is 193 Å². The van der Waals surface area contributed by atoms with Gasteiger partial charge in [0.25, 0.3) is 0 Å². The quantitative estimate of drug-likeness (QED) is 0.0547. The first kappa shape index (κ1) is 41.9. The first-order chi connectivity index (χ1) is 22.1. The fraction of sp³-hybridized carbons (Fsp3) is 0.810. The molecule has 0 aromatic heterocycles. The van der Waals surface area contributed by atoms with Gasteiger partial charge >= 0.3 is 0 Å². The summed E-state index contributed by atoms with van der Waals surface area (Å²) in [6.07, 6.45) is 52.1. The summed E-state index contributed by atoms with van der Waals surface area (Å²) in [4.78, 5) is 2.23. The molecule has 0 aliphatic carbocycles. The number of hydrogen-bond donors (Lipinski definition) is 0. The van der Waals surface area contributed by atoms with Gasteiger partial charge in [0.1, 0.15) is 0 Å². The summed E-state index contributed by atoms with van der Waals surface area (Å²) in [5.74, 6) is -0.328. The van der Waals surface area contributed by atoms with E-state index in [9.17, 15) is 0 Å². The molecule has 0 N–H and O–H groups in total. The van der Waals surface area contributed by atoms with Crippen molar-refractivity contribution in [2.75, 3.05) is 27.2 Å². The van der Waals surface area contributed by atoms with E-state index in [-0.39, 0.29) is 11.9 Å². The van der Waals surface area contributed by atoms with Crippen LogP contribution in [0, 0.1) is 0 Å². The maximum atomic E-state index is 6.62. The van der Waals surface area contributed by atoms with Crippen molar-refractivity contribution in [2.24, 2.45) is 0 Å². The molecule has 0 radical (unpaired) electrons. The largest absolute Gasteiger partial charge is 0.347 e. The minimum Gasteiger partial charge on any atom is -0.347 e. The first-order valence-corrected chi connectivity index (χ1v) is 19.7. The van der Waals surface area contributed by atoms with Gasteiger partial charge in [-0.3, -0.25) is 0 Å². The number of allylic oxidation sites excluding steroid dienone is 8. The van der Waals surface area contributed by atoms with Crippen LogP contribution in [0.1, 0.15) is 181 Å². The van der Waals surface area contributed by atoms with Crippen LogP contribution in [0.4, 0.5) is 0 Å². The average molecular weight is 628 g/mol. The van der Waals surface area contributed by atoms with E-state index in [0.29, 0.717) is 0 Å². The zero-order valence-corrected chi connectivity index (χ0v) is 30.8. The molecule has 0 aromatic rings. The predicted octanol–water partition coefficient (Wildman–Crippen LogP) is 13.1. The first-order valence-electron chi connectivity index (χ1n) is 19.7. The monoisotopic (exact) mass is 628 g/mol. The second-order valence-corrected chi connectivity index (χ2v) is 13.9. The lowest BCUT2D eigenvalue weighted by atomic mass is 9.98. The topological polar surface area (TPSA) is 21.7 Å². The van der Waals surface area contributed by atoms with Gasteiger partial charge in [0.05, 0.1) is 12.7 Å². The van der Waals surface area contributed by atoms with E-state index in [1.807, 2.05) is 0 Å². The Morgan fingerprint density at radius 3 is 1.29 bits per heavy atom. The number of hydrogen-bond acceptors (Lipinski definition) is 3. The molecule has 0 bridgehead atoms. The molecular weight excluding hydrogens is 550 g/mol. The molecule has 0 saturated carbocycles. The van der Waals surface area contributed by atoms with Crippen LogP contribution in [0.25, 0.3) is 0 Å². The molecule has 0 spiro atoms. The highest BCUT2D eigenvalue weighted by Crippen LogP contribution is 2.35. The molecule has 0 amide bonds. The maximum absolute atomic E-state index is 6.62. The number of likely N-dealkylation sites (N-methyl/N-ethyl adjacent to an activating group) is 1. The third kappa shape index (κ3) is 26.6. The van der Waals surface area contributed by atoms with Gasteiger partial charge < -0.3 is 14.4 Å². The van der Waals surface area contributed by atoms with Crippen LogP contribution in [0.5, 0.6) is 0 Å². The minimum atomic E-state index is -0.328. The zero-order chi connectivity index (χ0) is 32.5. The molecule has 262 valence electrons. The van der Waals surface area contributed by atoms with Gasteiger partial charge in [-0.15, -0.1) is 0 Å². The van der Waals surface area contributed by atoms with Gasteiger partial charge in [-0.05, 0) is 91.1 Å².